The molecule has 1 atom stereocenters. The lowest BCUT2D eigenvalue weighted by molar-refractivity contribution is 0.0931. The third-order valence-electron chi connectivity index (χ3n) is 4.38. The molecule has 11 heteroatoms. The minimum atomic E-state index is -0.940. The van der Waals surface area contributed by atoms with Crippen LogP contribution in [0.25, 0.3) is 22.0 Å². The summed E-state index contributed by atoms with van der Waals surface area (Å²) in [4.78, 5) is 23.7. The highest BCUT2D eigenvalue weighted by atomic mass is 32.1. The zero-order valence-corrected chi connectivity index (χ0v) is 17.0. The largest absolute Gasteiger partial charge is 0.350 e. The van der Waals surface area contributed by atoms with Crippen LogP contribution in [-0.4, -0.2) is 36.7 Å². The van der Waals surface area contributed by atoms with Gasteiger partial charge in [0.15, 0.2) is 0 Å². The number of rotatable bonds is 6. The van der Waals surface area contributed by atoms with Crippen molar-refractivity contribution in [1.29, 1.82) is 5.26 Å². The minimum absolute atomic E-state index is 0.220. The fraction of sp³-hybridized carbons (Fsp3) is 0.150. The van der Waals surface area contributed by atoms with Gasteiger partial charge in [-0.1, -0.05) is 0 Å². The van der Waals surface area contributed by atoms with E-state index in [-0.39, 0.29) is 17.5 Å². The molecule has 4 aromatic rings. The topological polar surface area (TPSA) is 112 Å². The Morgan fingerprint density at radius 3 is 2.81 bits per heavy atom. The van der Waals surface area contributed by atoms with E-state index in [2.05, 4.69) is 25.4 Å². The molecule has 4 rings (SSSR count). The summed E-state index contributed by atoms with van der Waals surface area (Å²) in [6.07, 6.45) is 4.88. The molecule has 0 bridgehead atoms. The van der Waals surface area contributed by atoms with E-state index in [1.165, 1.54) is 23.7 Å². The Bertz CT molecular complexity index is 1250. The monoisotopic (exact) mass is 439 g/mol. The smallest absolute Gasteiger partial charge is 0.271 e. The van der Waals surface area contributed by atoms with Crippen LogP contribution in [0.1, 0.15) is 23.0 Å². The van der Waals surface area contributed by atoms with Crippen molar-refractivity contribution in [2.45, 2.75) is 19.5 Å². The van der Waals surface area contributed by atoms with E-state index in [4.69, 9.17) is 5.26 Å². The molecule has 0 saturated heterocycles. The molecule has 0 aliphatic rings. The summed E-state index contributed by atoms with van der Waals surface area (Å²) in [5.74, 6) is -2.20. The maximum atomic E-state index is 13.9. The van der Waals surface area contributed by atoms with Crippen LogP contribution >= 0.6 is 11.3 Å². The van der Waals surface area contributed by atoms with Crippen LogP contribution in [0.15, 0.2) is 42.3 Å². The Labute approximate surface area is 179 Å². The van der Waals surface area contributed by atoms with E-state index in [1.807, 2.05) is 0 Å². The molecule has 1 unspecified atom stereocenters. The van der Waals surface area contributed by atoms with Crippen LogP contribution in [0.3, 0.4) is 0 Å². The number of hydrogen-bond donors (Lipinski definition) is 2. The highest BCUT2D eigenvalue weighted by Gasteiger charge is 2.17. The normalized spacial score (nSPS) is 11.8. The summed E-state index contributed by atoms with van der Waals surface area (Å²) in [6, 6.07) is 4.94. The van der Waals surface area contributed by atoms with Crippen LogP contribution in [-0.2, 0) is 6.54 Å². The molecular weight excluding hydrogens is 424 g/mol. The molecule has 3 aromatic heterocycles. The van der Waals surface area contributed by atoms with Crippen molar-refractivity contribution >= 4 is 17.2 Å². The third-order valence-corrected chi connectivity index (χ3v) is 5.25. The summed E-state index contributed by atoms with van der Waals surface area (Å²) in [5, 5.41) is 18.2. The molecule has 8 nitrogen and oxygen atoms in total. The van der Waals surface area contributed by atoms with E-state index in [9.17, 15) is 13.6 Å². The van der Waals surface area contributed by atoms with Crippen LogP contribution in [0, 0.1) is 23.0 Å². The van der Waals surface area contributed by atoms with Crippen LogP contribution in [0.2, 0.25) is 0 Å². The lowest BCUT2D eigenvalue weighted by Gasteiger charge is -2.13. The number of thiazole rings is 1. The lowest BCUT2D eigenvalue weighted by atomic mass is 10.1. The molecular formula is C20H15F2N7OS. The number of H-pyrrole nitrogens is 1. The van der Waals surface area contributed by atoms with Gasteiger partial charge in [0.1, 0.15) is 39.7 Å². The Morgan fingerprint density at radius 2 is 2.13 bits per heavy atom. The number of nitriles is 1. The van der Waals surface area contributed by atoms with Crippen molar-refractivity contribution in [3.05, 3.63) is 65.2 Å². The summed E-state index contributed by atoms with van der Waals surface area (Å²) in [6.45, 7) is 2.14. The molecule has 0 radical (unpaired) electrons. The van der Waals surface area contributed by atoms with Crippen LogP contribution in [0.5, 0.6) is 0 Å². The first-order valence-electron chi connectivity index (χ1n) is 9.13. The quantitative estimate of drug-likeness (QED) is 0.478. The van der Waals surface area contributed by atoms with E-state index < -0.39 is 17.2 Å². The minimum Gasteiger partial charge on any atom is -0.350 e. The molecule has 0 fully saturated rings. The highest BCUT2D eigenvalue weighted by molar-refractivity contribution is 7.13. The average Bonchev–Trinajstić information content (AvgIpc) is 3.48. The highest BCUT2D eigenvalue weighted by Crippen LogP contribution is 2.23. The average molecular weight is 439 g/mol. The Balaban J connectivity index is 1.41. The molecule has 0 saturated carbocycles. The SMILES string of the molecule is CC(Cn1ccc(-c2cc(F)c(C#N)c(F)c2)n1)NC(=O)c1csc(-c2c[nH]cn2)n1. The van der Waals surface area contributed by atoms with Gasteiger partial charge in [0.25, 0.3) is 5.91 Å². The third kappa shape index (κ3) is 4.34. The maximum absolute atomic E-state index is 13.9. The van der Waals surface area contributed by atoms with Crippen molar-refractivity contribution in [3.63, 3.8) is 0 Å². The van der Waals surface area contributed by atoms with E-state index >= 15 is 0 Å². The fourth-order valence-electron chi connectivity index (χ4n) is 2.94. The van der Waals surface area contributed by atoms with Gasteiger partial charge in [-0.2, -0.15) is 10.4 Å². The van der Waals surface area contributed by atoms with Crippen molar-refractivity contribution in [3.8, 4) is 28.0 Å². The maximum Gasteiger partial charge on any atom is 0.271 e. The summed E-state index contributed by atoms with van der Waals surface area (Å²) >= 11 is 1.32. The lowest BCUT2D eigenvalue weighted by Crippen LogP contribution is -2.36. The van der Waals surface area contributed by atoms with Crippen LogP contribution < -0.4 is 5.32 Å². The van der Waals surface area contributed by atoms with Crippen molar-refractivity contribution in [2.24, 2.45) is 0 Å². The molecule has 2 N–H and O–H groups in total. The number of benzene rings is 1. The van der Waals surface area contributed by atoms with Gasteiger partial charge in [-0.3, -0.25) is 9.48 Å². The van der Waals surface area contributed by atoms with E-state index in [1.54, 1.807) is 35.4 Å². The first-order chi connectivity index (χ1) is 14.9. The molecule has 31 heavy (non-hydrogen) atoms. The molecule has 1 amide bonds. The van der Waals surface area contributed by atoms with Gasteiger partial charge in [-0.25, -0.2) is 18.7 Å². The molecule has 0 aliphatic heterocycles. The standard InChI is InChI=1S/C20H15F2N7OS/c1-11(26-19(30)18-9-31-20(27-18)17-7-24-10-25-17)8-29-3-2-16(28-29)12-4-14(21)13(6-23)15(22)5-12/h2-5,7,9-11H,8H2,1H3,(H,24,25)(H,26,30). The van der Waals surface area contributed by atoms with Gasteiger partial charge >= 0.3 is 0 Å². The number of halogens is 2. The molecule has 0 spiro atoms. The van der Waals surface area contributed by atoms with E-state index in [0.29, 0.717) is 28.6 Å². The molecule has 156 valence electrons. The van der Waals surface area contributed by atoms with Crippen molar-refractivity contribution in [1.82, 2.24) is 30.0 Å². The predicted molar refractivity (Wildman–Crippen MR) is 109 cm³/mol. The van der Waals surface area contributed by atoms with Gasteiger partial charge in [-0.15, -0.1) is 11.3 Å². The second kappa shape index (κ2) is 8.45. The first-order valence-corrected chi connectivity index (χ1v) is 10.0. The number of imidazole rings is 1. The second-order valence-electron chi connectivity index (χ2n) is 6.72. The summed E-state index contributed by atoms with van der Waals surface area (Å²) in [5.41, 5.74) is 0.898. The Kier molecular flexibility index (Phi) is 5.55. The zero-order chi connectivity index (χ0) is 22.0. The van der Waals surface area contributed by atoms with Crippen molar-refractivity contribution in [2.75, 3.05) is 0 Å². The number of carbonyl (C=O) groups excluding carboxylic acids is 1. The van der Waals surface area contributed by atoms with Crippen molar-refractivity contribution < 1.29 is 13.6 Å². The Morgan fingerprint density at radius 1 is 1.35 bits per heavy atom. The first kappa shape index (κ1) is 20.4. The van der Waals surface area contributed by atoms with Crippen LogP contribution in [0.4, 0.5) is 8.78 Å². The van der Waals surface area contributed by atoms with Gasteiger partial charge < -0.3 is 10.3 Å². The van der Waals surface area contributed by atoms with Gasteiger partial charge in [-0.05, 0) is 25.1 Å². The van der Waals surface area contributed by atoms with Gasteiger partial charge in [0.2, 0.25) is 0 Å². The summed E-state index contributed by atoms with van der Waals surface area (Å²) in [7, 11) is 0. The second-order valence-corrected chi connectivity index (χ2v) is 7.57. The number of nitrogens with one attached hydrogen (secondary N) is 2. The van der Waals surface area contributed by atoms with Gasteiger partial charge in [0, 0.05) is 29.4 Å². The number of aromatic amines is 1. The zero-order valence-electron chi connectivity index (χ0n) is 16.1. The fourth-order valence-corrected chi connectivity index (χ4v) is 3.71. The molecule has 1 aromatic carbocycles. The number of aromatic nitrogens is 5. The molecule has 3 heterocycles. The predicted octanol–water partition coefficient (Wildman–Crippen LogP) is 3.37. The number of carbonyl (C=O) groups is 1. The number of nitrogens with zero attached hydrogens (tertiary/aromatic N) is 5. The van der Waals surface area contributed by atoms with E-state index in [0.717, 1.165) is 12.1 Å². The number of amides is 1. The summed E-state index contributed by atoms with van der Waals surface area (Å²) < 4.78 is 29.3. The Hall–Kier alpha value is -3.91. The molecule has 0 aliphatic carbocycles. The number of hydrogen-bond acceptors (Lipinski definition) is 6. The van der Waals surface area contributed by atoms with Gasteiger partial charge in [0.05, 0.1) is 18.6 Å².